The quantitative estimate of drug-likeness (QED) is 0.780. The minimum atomic E-state index is -5.44. The van der Waals surface area contributed by atoms with Crippen molar-refractivity contribution in [1.29, 1.82) is 0 Å². The van der Waals surface area contributed by atoms with E-state index in [4.69, 9.17) is 5.73 Å². The van der Waals surface area contributed by atoms with Crippen LogP contribution in [0, 0.1) is 0 Å². The molecular weight excluding hydrogens is 276 g/mol. The Morgan fingerprint density at radius 3 is 2.21 bits per heavy atom. The monoisotopic (exact) mass is 287 g/mol. The maximum atomic E-state index is 12.6. The number of nitrogens with two attached hydrogens (primary N) is 1. The minimum Gasteiger partial charge on any atom is -0.345 e. The van der Waals surface area contributed by atoms with Crippen LogP contribution in [0.5, 0.6) is 0 Å². The molecule has 1 atom stereocenters. The molecule has 1 unspecified atom stereocenters. The van der Waals surface area contributed by atoms with Crippen molar-refractivity contribution in [2.45, 2.75) is 43.6 Å². The SMILES string of the molecule is NC1CCCc2[nH]c(C(C(F)(F)F)C(F)(F)F)nc21. The molecule has 0 aromatic carbocycles. The highest BCUT2D eigenvalue weighted by atomic mass is 19.4. The van der Waals surface area contributed by atoms with E-state index in [0.29, 0.717) is 19.3 Å². The zero-order chi connectivity index (χ0) is 14.4. The number of rotatable bonds is 1. The van der Waals surface area contributed by atoms with Crippen LogP contribution < -0.4 is 5.73 Å². The molecule has 2 rings (SSSR count). The number of nitrogens with one attached hydrogen (secondary N) is 1. The van der Waals surface area contributed by atoms with Gasteiger partial charge < -0.3 is 10.7 Å². The van der Waals surface area contributed by atoms with Crippen LogP contribution in [0.15, 0.2) is 0 Å². The highest BCUT2D eigenvalue weighted by molar-refractivity contribution is 5.23. The van der Waals surface area contributed by atoms with Gasteiger partial charge in [-0.1, -0.05) is 0 Å². The number of aromatic amines is 1. The van der Waals surface area contributed by atoms with Gasteiger partial charge >= 0.3 is 12.4 Å². The van der Waals surface area contributed by atoms with Gasteiger partial charge in [-0.15, -0.1) is 0 Å². The second kappa shape index (κ2) is 4.39. The number of aromatic nitrogens is 2. The van der Waals surface area contributed by atoms with E-state index in [1.165, 1.54) is 0 Å². The molecule has 9 heteroatoms. The predicted octanol–water partition coefficient (Wildman–Crippen LogP) is 2.95. The van der Waals surface area contributed by atoms with Crippen molar-refractivity contribution in [2.24, 2.45) is 5.73 Å². The number of imidazole rings is 1. The lowest BCUT2D eigenvalue weighted by molar-refractivity contribution is -0.255. The standard InChI is InChI=1S/C10H11F6N3/c11-9(12,13)7(10(14,15)16)8-18-5-3-1-2-4(17)6(5)19-8/h4,7H,1-3,17H2,(H,18,19). The molecule has 1 aliphatic rings. The van der Waals surface area contributed by atoms with E-state index < -0.39 is 30.1 Å². The Hall–Kier alpha value is -1.25. The van der Waals surface area contributed by atoms with Gasteiger partial charge in [0.05, 0.1) is 5.69 Å². The maximum Gasteiger partial charge on any atom is 0.407 e. The molecule has 0 saturated carbocycles. The number of hydrogen-bond acceptors (Lipinski definition) is 2. The first-order valence-electron chi connectivity index (χ1n) is 5.58. The highest BCUT2D eigenvalue weighted by Gasteiger charge is 2.59. The van der Waals surface area contributed by atoms with Gasteiger partial charge in [0.1, 0.15) is 5.82 Å². The van der Waals surface area contributed by atoms with Crippen LogP contribution >= 0.6 is 0 Å². The molecule has 0 saturated heterocycles. The van der Waals surface area contributed by atoms with Crippen molar-refractivity contribution in [1.82, 2.24) is 9.97 Å². The molecule has 0 amide bonds. The predicted molar refractivity (Wildman–Crippen MR) is 53.3 cm³/mol. The first-order chi connectivity index (χ1) is 8.60. The molecule has 1 heterocycles. The Morgan fingerprint density at radius 2 is 1.74 bits per heavy atom. The molecular formula is C10H11F6N3. The molecule has 1 aliphatic carbocycles. The lowest BCUT2D eigenvalue weighted by atomic mass is 9.97. The van der Waals surface area contributed by atoms with Gasteiger partial charge in [-0.3, -0.25) is 0 Å². The summed E-state index contributed by atoms with van der Waals surface area (Å²) in [5, 5.41) is 0. The zero-order valence-electron chi connectivity index (χ0n) is 9.57. The molecule has 0 bridgehead atoms. The van der Waals surface area contributed by atoms with E-state index in [0.717, 1.165) is 0 Å². The number of H-pyrrole nitrogens is 1. The number of fused-ring (bicyclic) bond motifs is 1. The van der Waals surface area contributed by atoms with Gasteiger partial charge in [-0.25, -0.2) is 4.98 Å². The zero-order valence-corrected chi connectivity index (χ0v) is 9.57. The fourth-order valence-corrected chi connectivity index (χ4v) is 2.21. The molecule has 3 N–H and O–H groups in total. The lowest BCUT2D eigenvalue weighted by Gasteiger charge is -2.20. The van der Waals surface area contributed by atoms with E-state index in [-0.39, 0.29) is 11.4 Å². The summed E-state index contributed by atoms with van der Waals surface area (Å²) in [6, 6.07) is -0.615. The second-order valence-corrected chi connectivity index (χ2v) is 4.50. The summed E-state index contributed by atoms with van der Waals surface area (Å²) in [4.78, 5) is 5.59. The number of nitrogens with zero attached hydrogens (tertiary/aromatic N) is 1. The fourth-order valence-electron chi connectivity index (χ4n) is 2.21. The summed E-state index contributed by atoms with van der Waals surface area (Å²) < 4.78 is 75.3. The topological polar surface area (TPSA) is 54.7 Å². The first-order valence-corrected chi connectivity index (χ1v) is 5.58. The average molecular weight is 287 g/mol. The molecule has 0 radical (unpaired) electrons. The molecule has 0 spiro atoms. The Morgan fingerprint density at radius 1 is 1.16 bits per heavy atom. The molecule has 0 fully saturated rings. The third-order valence-electron chi connectivity index (χ3n) is 3.05. The van der Waals surface area contributed by atoms with Crippen molar-refractivity contribution in [3.05, 3.63) is 17.2 Å². The van der Waals surface area contributed by atoms with E-state index in [1.54, 1.807) is 0 Å². The van der Waals surface area contributed by atoms with Crippen LogP contribution in [0.3, 0.4) is 0 Å². The second-order valence-electron chi connectivity index (χ2n) is 4.50. The van der Waals surface area contributed by atoms with Gasteiger partial charge in [0.15, 0.2) is 0 Å². The average Bonchev–Trinajstić information content (AvgIpc) is 2.57. The van der Waals surface area contributed by atoms with Crippen molar-refractivity contribution in [3.8, 4) is 0 Å². The lowest BCUT2D eigenvalue weighted by Crippen LogP contribution is -2.35. The van der Waals surface area contributed by atoms with Crippen LogP contribution in [-0.4, -0.2) is 22.3 Å². The van der Waals surface area contributed by atoms with Crippen molar-refractivity contribution in [2.75, 3.05) is 0 Å². The number of aryl methyl sites for hydroxylation is 1. The van der Waals surface area contributed by atoms with Gasteiger partial charge in [-0.05, 0) is 19.3 Å². The maximum absolute atomic E-state index is 12.6. The van der Waals surface area contributed by atoms with Gasteiger partial charge in [-0.2, -0.15) is 26.3 Å². The van der Waals surface area contributed by atoms with Gasteiger partial charge in [0.25, 0.3) is 0 Å². The number of hydrogen-bond donors (Lipinski definition) is 2. The molecule has 19 heavy (non-hydrogen) atoms. The van der Waals surface area contributed by atoms with Crippen LogP contribution in [-0.2, 0) is 6.42 Å². The summed E-state index contributed by atoms with van der Waals surface area (Å²) in [5.41, 5.74) is 6.01. The molecule has 3 nitrogen and oxygen atoms in total. The van der Waals surface area contributed by atoms with Gasteiger partial charge in [0, 0.05) is 11.7 Å². The number of alkyl halides is 6. The van der Waals surface area contributed by atoms with Crippen LogP contribution in [0.1, 0.15) is 42.0 Å². The van der Waals surface area contributed by atoms with Crippen LogP contribution in [0.25, 0.3) is 0 Å². The van der Waals surface area contributed by atoms with E-state index in [2.05, 4.69) is 9.97 Å². The molecule has 0 aliphatic heterocycles. The smallest absolute Gasteiger partial charge is 0.345 e. The van der Waals surface area contributed by atoms with Gasteiger partial charge in [0.2, 0.25) is 5.92 Å². The third kappa shape index (κ3) is 2.70. The normalized spacial score (nSPS) is 20.7. The summed E-state index contributed by atoms with van der Waals surface area (Å²) >= 11 is 0. The van der Waals surface area contributed by atoms with Crippen molar-refractivity contribution in [3.63, 3.8) is 0 Å². The van der Waals surface area contributed by atoms with Crippen molar-refractivity contribution < 1.29 is 26.3 Å². The third-order valence-corrected chi connectivity index (χ3v) is 3.05. The fraction of sp³-hybridized carbons (Fsp3) is 0.700. The Kier molecular flexibility index (Phi) is 3.28. The van der Waals surface area contributed by atoms with Crippen LogP contribution in [0.4, 0.5) is 26.3 Å². The first kappa shape index (κ1) is 14.2. The van der Waals surface area contributed by atoms with E-state index >= 15 is 0 Å². The Labute approximate surface area is 104 Å². The summed E-state index contributed by atoms with van der Waals surface area (Å²) in [6.07, 6.45) is -9.41. The Bertz CT molecular complexity index is 447. The summed E-state index contributed by atoms with van der Waals surface area (Å²) in [7, 11) is 0. The molecule has 108 valence electrons. The van der Waals surface area contributed by atoms with Crippen molar-refractivity contribution >= 4 is 0 Å². The minimum absolute atomic E-state index is 0.111. The Balaban J connectivity index is 2.44. The summed E-state index contributed by atoms with van der Waals surface area (Å²) in [5.74, 6) is -4.72. The number of halogens is 6. The van der Waals surface area contributed by atoms with E-state index in [9.17, 15) is 26.3 Å². The highest BCUT2D eigenvalue weighted by Crippen LogP contribution is 2.46. The molecule has 1 aromatic heterocycles. The largest absolute Gasteiger partial charge is 0.407 e. The molecule has 1 aromatic rings. The van der Waals surface area contributed by atoms with E-state index in [1.807, 2.05) is 0 Å². The summed E-state index contributed by atoms with van der Waals surface area (Å²) in [6.45, 7) is 0. The van der Waals surface area contributed by atoms with Crippen LogP contribution in [0.2, 0.25) is 0 Å².